The predicted molar refractivity (Wildman–Crippen MR) is 146 cm³/mol. The van der Waals surface area contributed by atoms with Gasteiger partial charge in [0.05, 0.1) is 18.8 Å². The van der Waals surface area contributed by atoms with E-state index in [1.54, 1.807) is 6.92 Å². The summed E-state index contributed by atoms with van der Waals surface area (Å²) in [4.78, 5) is 26.9. The molecule has 0 spiro atoms. The van der Waals surface area contributed by atoms with Crippen LogP contribution >= 0.6 is 0 Å². The third-order valence-corrected chi connectivity index (χ3v) is 13.4. The van der Waals surface area contributed by atoms with Crippen molar-refractivity contribution >= 4 is 20.4 Å². The minimum absolute atomic E-state index is 0.0151. The molecular weight excluding hydrogens is 458 g/mol. The molecule has 35 heavy (non-hydrogen) atoms. The summed E-state index contributed by atoms with van der Waals surface area (Å²) in [5.41, 5.74) is 0.930. The molecule has 1 amide bonds. The fraction of sp³-hybridized carbons (Fsp3) is 0.857. The second-order valence-electron chi connectivity index (χ2n) is 11.9. The van der Waals surface area contributed by atoms with Crippen LogP contribution < -0.4 is 0 Å². The van der Waals surface area contributed by atoms with Crippen LogP contribution in [0, 0.1) is 0 Å². The second kappa shape index (κ2) is 13.8. The molecule has 1 saturated heterocycles. The number of carbonyl (C=O) groups is 2. The highest BCUT2D eigenvalue weighted by Gasteiger charge is 2.49. The molecule has 7 heteroatoms. The van der Waals surface area contributed by atoms with Crippen molar-refractivity contribution < 1.29 is 23.5 Å². The zero-order chi connectivity index (χ0) is 27.0. The Hall–Kier alpha value is -1.34. The summed E-state index contributed by atoms with van der Waals surface area (Å²) >= 11 is 0. The van der Waals surface area contributed by atoms with Gasteiger partial charge in [0.15, 0.2) is 0 Å². The molecule has 0 unspecified atom stereocenters. The van der Waals surface area contributed by atoms with Crippen molar-refractivity contribution in [2.45, 2.75) is 149 Å². The van der Waals surface area contributed by atoms with Crippen LogP contribution in [0.2, 0.25) is 16.6 Å². The van der Waals surface area contributed by atoms with Crippen LogP contribution in [0.1, 0.15) is 108 Å². The van der Waals surface area contributed by atoms with E-state index in [-0.39, 0.29) is 30.3 Å². The van der Waals surface area contributed by atoms with Crippen molar-refractivity contribution in [3.63, 3.8) is 0 Å². The fourth-order valence-corrected chi connectivity index (χ4v) is 11.5. The molecule has 0 saturated carbocycles. The smallest absolute Gasteiger partial charge is 0.410 e. The lowest BCUT2D eigenvalue weighted by Crippen LogP contribution is -2.60. The maximum Gasteiger partial charge on any atom is 0.410 e. The third-order valence-electron chi connectivity index (χ3n) is 7.27. The number of hydrogen-bond donors (Lipinski definition) is 0. The maximum atomic E-state index is 13.4. The van der Waals surface area contributed by atoms with Crippen LogP contribution in [0.4, 0.5) is 4.79 Å². The normalized spacial score (nSPS) is 21.9. The van der Waals surface area contributed by atoms with E-state index in [0.717, 1.165) is 32.1 Å². The molecule has 1 rings (SSSR count). The van der Waals surface area contributed by atoms with E-state index < -0.39 is 13.9 Å². The SMILES string of the molecule is CCOC(=O)/C=C/CCC[C@H]1CC[C@@H](O[Si](C(C)C)(C(C)C)C(C)C)[C@H](C)N1C(=O)OC(C)(C)C. The Balaban J connectivity index is 3.06. The Bertz CT molecular complexity index is 676. The van der Waals surface area contributed by atoms with Gasteiger partial charge in [0.1, 0.15) is 5.60 Å². The van der Waals surface area contributed by atoms with Gasteiger partial charge in [-0.1, -0.05) is 47.6 Å². The fourth-order valence-electron chi connectivity index (χ4n) is 5.83. The molecule has 0 aromatic carbocycles. The van der Waals surface area contributed by atoms with Gasteiger partial charge >= 0.3 is 12.1 Å². The third kappa shape index (κ3) is 8.92. The van der Waals surface area contributed by atoms with Crippen molar-refractivity contribution in [1.29, 1.82) is 0 Å². The molecule has 6 nitrogen and oxygen atoms in total. The Kier molecular flexibility index (Phi) is 12.5. The molecule has 0 bridgehead atoms. The van der Waals surface area contributed by atoms with Gasteiger partial charge in [-0.3, -0.25) is 4.90 Å². The molecule has 0 N–H and O–H groups in total. The number of unbranched alkanes of at least 4 members (excludes halogenated alkanes) is 1. The lowest BCUT2D eigenvalue weighted by atomic mass is 9.91. The van der Waals surface area contributed by atoms with Crippen LogP contribution in [0.25, 0.3) is 0 Å². The number of amides is 1. The summed E-state index contributed by atoms with van der Waals surface area (Å²) < 4.78 is 17.9. The highest BCUT2D eigenvalue weighted by atomic mass is 28.4. The van der Waals surface area contributed by atoms with E-state index in [4.69, 9.17) is 13.9 Å². The Morgan fingerprint density at radius 1 is 1.03 bits per heavy atom. The summed E-state index contributed by atoms with van der Waals surface area (Å²) in [6.45, 7) is 23.9. The maximum absolute atomic E-state index is 13.4. The van der Waals surface area contributed by atoms with Crippen molar-refractivity contribution in [2.75, 3.05) is 6.61 Å². The number of piperidine rings is 1. The van der Waals surface area contributed by atoms with Crippen molar-refractivity contribution in [3.8, 4) is 0 Å². The molecule has 1 fully saturated rings. The van der Waals surface area contributed by atoms with Gasteiger partial charge in [0.25, 0.3) is 0 Å². The lowest BCUT2D eigenvalue weighted by molar-refractivity contribution is -0.137. The molecule has 0 aromatic rings. The van der Waals surface area contributed by atoms with Gasteiger partial charge in [-0.25, -0.2) is 9.59 Å². The van der Waals surface area contributed by atoms with E-state index in [2.05, 4.69) is 48.5 Å². The first-order valence-corrected chi connectivity index (χ1v) is 15.8. The van der Waals surface area contributed by atoms with Crippen molar-refractivity contribution in [3.05, 3.63) is 12.2 Å². The second-order valence-corrected chi connectivity index (χ2v) is 17.3. The molecule has 204 valence electrons. The average Bonchev–Trinajstić information content (AvgIpc) is 2.70. The molecule has 1 aliphatic heterocycles. The van der Waals surface area contributed by atoms with Crippen LogP contribution in [0.3, 0.4) is 0 Å². The minimum Gasteiger partial charge on any atom is -0.463 e. The predicted octanol–water partition coefficient (Wildman–Crippen LogP) is 7.62. The molecule has 3 atom stereocenters. The van der Waals surface area contributed by atoms with E-state index >= 15 is 0 Å². The van der Waals surface area contributed by atoms with Crippen LogP contribution in [0.5, 0.6) is 0 Å². The van der Waals surface area contributed by atoms with Crippen LogP contribution in [-0.2, 0) is 18.7 Å². The van der Waals surface area contributed by atoms with Crippen molar-refractivity contribution in [2.24, 2.45) is 0 Å². The van der Waals surface area contributed by atoms with E-state index in [0.29, 0.717) is 23.2 Å². The quantitative estimate of drug-likeness (QED) is 0.123. The first-order chi connectivity index (χ1) is 16.2. The Morgan fingerprint density at radius 2 is 1.60 bits per heavy atom. The first kappa shape index (κ1) is 31.7. The number of likely N-dealkylation sites (tertiary alicyclic amines) is 1. The number of ether oxygens (including phenoxy) is 2. The summed E-state index contributed by atoms with van der Waals surface area (Å²) in [6, 6.07) is 0.0470. The average molecular weight is 512 g/mol. The van der Waals surface area contributed by atoms with E-state index in [9.17, 15) is 9.59 Å². The lowest BCUT2D eigenvalue weighted by Gasteiger charge is -2.51. The summed E-state index contributed by atoms with van der Waals surface area (Å²) in [7, 11) is -2.08. The van der Waals surface area contributed by atoms with Gasteiger partial charge < -0.3 is 13.9 Å². The van der Waals surface area contributed by atoms with Crippen LogP contribution in [-0.4, -0.2) is 55.7 Å². The summed E-state index contributed by atoms with van der Waals surface area (Å²) in [5, 5.41) is 0. The zero-order valence-corrected chi connectivity index (χ0v) is 25.3. The van der Waals surface area contributed by atoms with Gasteiger partial charge in [-0.2, -0.15) is 0 Å². The number of carbonyl (C=O) groups excluding carboxylic acids is 2. The van der Waals surface area contributed by atoms with Crippen LogP contribution in [0.15, 0.2) is 12.2 Å². The van der Waals surface area contributed by atoms with E-state index in [1.807, 2.05) is 31.7 Å². The number of allylic oxidation sites excluding steroid dienone is 1. The number of esters is 1. The van der Waals surface area contributed by atoms with Gasteiger partial charge in [0, 0.05) is 12.1 Å². The first-order valence-electron chi connectivity index (χ1n) is 13.7. The van der Waals surface area contributed by atoms with E-state index in [1.165, 1.54) is 6.08 Å². The number of nitrogens with zero attached hydrogens (tertiary/aromatic N) is 1. The number of rotatable bonds is 11. The highest BCUT2D eigenvalue weighted by molar-refractivity contribution is 6.77. The summed E-state index contributed by atoms with van der Waals surface area (Å²) in [6.07, 6.45) is 7.50. The van der Waals surface area contributed by atoms with Gasteiger partial charge in [-0.05, 0) is 83.3 Å². The van der Waals surface area contributed by atoms with Gasteiger partial charge in [-0.15, -0.1) is 0 Å². The molecule has 1 aliphatic rings. The largest absolute Gasteiger partial charge is 0.463 e. The molecule has 0 aromatic heterocycles. The molecule has 1 heterocycles. The Morgan fingerprint density at radius 3 is 2.09 bits per heavy atom. The number of hydrogen-bond acceptors (Lipinski definition) is 5. The monoisotopic (exact) mass is 511 g/mol. The molecule has 0 aliphatic carbocycles. The summed E-state index contributed by atoms with van der Waals surface area (Å²) in [5.74, 6) is -0.303. The van der Waals surface area contributed by atoms with Crippen molar-refractivity contribution in [1.82, 2.24) is 4.90 Å². The Labute approximate surface area is 216 Å². The zero-order valence-electron chi connectivity index (χ0n) is 24.3. The standard InChI is InChI=1S/C28H53NO5Si/c1-12-32-26(30)17-15-13-14-16-24-18-19-25(23(8)29(24)27(31)33-28(9,10)11)34-35(20(2)3,21(4)5)22(6)7/h15,17,20-25H,12-14,16,18-19H2,1-11H3/b17-15+/t23-,24-,25+/m0/s1. The molecular formula is C28H53NO5Si. The molecule has 0 radical (unpaired) electrons. The topological polar surface area (TPSA) is 65.1 Å². The minimum atomic E-state index is -2.08. The van der Waals surface area contributed by atoms with Gasteiger partial charge in [0.2, 0.25) is 8.32 Å². The highest BCUT2D eigenvalue weighted by Crippen LogP contribution is 2.45.